The van der Waals surface area contributed by atoms with Crippen LogP contribution in [-0.4, -0.2) is 4.98 Å². The molecular formula is C47H43N2+. The van der Waals surface area contributed by atoms with Gasteiger partial charge < -0.3 is 0 Å². The van der Waals surface area contributed by atoms with E-state index in [1.54, 1.807) is 0 Å². The minimum atomic E-state index is 0.374. The predicted octanol–water partition coefficient (Wildman–Crippen LogP) is 11.8. The van der Waals surface area contributed by atoms with Crippen molar-refractivity contribution in [3.8, 4) is 44.5 Å². The van der Waals surface area contributed by atoms with Gasteiger partial charge in [-0.2, -0.15) is 0 Å². The van der Waals surface area contributed by atoms with E-state index < -0.39 is 0 Å². The minimum absolute atomic E-state index is 0.374. The van der Waals surface area contributed by atoms with Crippen molar-refractivity contribution in [2.45, 2.75) is 33.6 Å². The molecule has 0 radical (unpaired) electrons. The first-order valence-corrected chi connectivity index (χ1v) is 17.3. The van der Waals surface area contributed by atoms with Crippen LogP contribution in [0.15, 0.2) is 169 Å². The van der Waals surface area contributed by atoms with E-state index in [1.807, 2.05) is 18.5 Å². The van der Waals surface area contributed by atoms with Crippen molar-refractivity contribution in [1.29, 1.82) is 0 Å². The number of aryl methyl sites for hydroxylation is 1. The van der Waals surface area contributed by atoms with Gasteiger partial charge in [-0.05, 0) is 136 Å². The Morgan fingerprint density at radius 2 is 1.27 bits per heavy atom. The minimum Gasteiger partial charge on any atom is -0.264 e. The summed E-state index contributed by atoms with van der Waals surface area (Å²) in [6, 6.07) is 31.5. The number of allylic oxidation sites excluding steroid dienone is 12. The Labute approximate surface area is 291 Å². The van der Waals surface area contributed by atoms with Crippen molar-refractivity contribution in [1.82, 2.24) is 4.98 Å². The van der Waals surface area contributed by atoms with E-state index in [4.69, 9.17) is 0 Å². The predicted molar refractivity (Wildman–Crippen MR) is 207 cm³/mol. The standard InChI is InChI=1S/C47H43N2/c1-5-35-12-7-13-36(20-19-35)42-25-44(28-46(26-42)40-17-9-21-48-31-40)38-15-8-16-39(24-38)45-27-43(37-14-6-11-33(2)34(3)23-37)29-47(30-45)41-18-10-22-49(4)32-41/h6-18,20-32,34H,5,19H2,1-4H3/q+1. The van der Waals surface area contributed by atoms with Crippen LogP contribution in [0.2, 0.25) is 0 Å². The number of hydrogen-bond donors (Lipinski definition) is 0. The Balaban J connectivity index is 1.35. The largest absolute Gasteiger partial charge is 0.264 e. The van der Waals surface area contributed by atoms with Gasteiger partial charge in [0.25, 0.3) is 0 Å². The first kappa shape index (κ1) is 32.0. The molecule has 7 rings (SSSR count). The lowest BCUT2D eigenvalue weighted by molar-refractivity contribution is -0.671. The molecule has 1 unspecified atom stereocenters. The zero-order valence-electron chi connectivity index (χ0n) is 28.9. The fourth-order valence-electron chi connectivity index (χ4n) is 6.67. The molecule has 2 nitrogen and oxygen atoms in total. The molecular weight excluding hydrogens is 593 g/mol. The van der Waals surface area contributed by atoms with Crippen LogP contribution in [-0.2, 0) is 7.05 Å². The number of benzene rings is 3. The van der Waals surface area contributed by atoms with Gasteiger partial charge in [-0.1, -0.05) is 97.9 Å². The summed E-state index contributed by atoms with van der Waals surface area (Å²) in [6.45, 7) is 6.72. The summed E-state index contributed by atoms with van der Waals surface area (Å²) >= 11 is 0. The van der Waals surface area contributed by atoms with E-state index in [1.165, 1.54) is 72.4 Å². The van der Waals surface area contributed by atoms with Crippen molar-refractivity contribution in [2.75, 3.05) is 0 Å². The highest BCUT2D eigenvalue weighted by Gasteiger charge is 2.14. The Morgan fingerprint density at radius 1 is 0.673 bits per heavy atom. The third-order valence-corrected chi connectivity index (χ3v) is 9.76. The topological polar surface area (TPSA) is 16.8 Å². The normalized spacial score (nSPS) is 15.9. The molecule has 0 fully saturated rings. The first-order chi connectivity index (χ1) is 23.9. The van der Waals surface area contributed by atoms with E-state index in [2.05, 4.69) is 177 Å². The molecule has 2 aromatic heterocycles. The van der Waals surface area contributed by atoms with E-state index in [-0.39, 0.29) is 0 Å². The molecule has 2 aliphatic carbocycles. The Kier molecular flexibility index (Phi) is 9.30. The molecule has 0 saturated heterocycles. The highest BCUT2D eigenvalue weighted by atomic mass is 14.9. The molecule has 0 bridgehead atoms. The van der Waals surface area contributed by atoms with Gasteiger partial charge in [-0.25, -0.2) is 4.57 Å². The average molecular weight is 636 g/mol. The van der Waals surface area contributed by atoms with Gasteiger partial charge in [0.05, 0.1) is 0 Å². The monoisotopic (exact) mass is 635 g/mol. The number of hydrogen-bond acceptors (Lipinski definition) is 1. The Hall–Kier alpha value is -5.60. The number of rotatable bonds is 7. The maximum atomic E-state index is 4.44. The number of aromatic nitrogens is 2. The summed E-state index contributed by atoms with van der Waals surface area (Å²) in [4.78, 5) is 4.44. The fourth-order valence-corrected chi connectivity index (χ4v) is 6.67. The van der Waals surface area contributed by atoms with E-state index in [0.29, 0.717) is 5.92 Å². The van der Waals surface area contributed by atoms with Crippen LogP contribution in [0.4, 0.5) is 0 Å². The summed E-state index contributed by atoms with van der Waals surface area (Å²) in [7, 11) is 2.08. The van der Waals surface area contributed by atoms with Crippen LogP contribution < -0.4 is 4.57 Å². The Morgan fingerprint density at radius 3 is 1.96 bits per heavy atom. The smallest absolute Gasteiger partial charge is 0.176 e. The molecule has 0 saturated carbocycles. The highest BCUT2D eigenvalue weighted by molar-refractivity contribution is 5.87. The second-order valence-electron chi connectivity index (χ2n) is 13.3. The van der Waals surface area contributed by atoms with Gasteiger partial charge in [-0.3, -0.25) is 4.98 Å². The molecule has 0 spiro atoms. The van der Waals surface area contributed by atoms with Crippen molar-refractivity contribution >= 4 is 11.1 Å². The van der Waals surface area contributed by atoms with Crippen molar-refractivity contribution < 1.29 is 4.57 Å². The van der Waals surface area contributed by atoms with E-state index >= 15 is 0 Å². The molecule has 2 heteroatoms. The Bertz CT molecular complexity index is 2200. The average Bonchev–Trinajstić information content (AvgIpc) is 3.49. The van der Waals surface area contributed by atoms with Crippen molar-refractivity contribution in [3.63, 3.8) is 0 Å². The molecule has 0 amide bonds. The molecule has 0 N–H and O–H groups in total. The second kappa shape index (κ2) is 14.3. The lowest BCUT2D eigenvalue weighted by atomic mass is 9.90. The first-order valence-electron chi connectivity index (χ1n) is 17.3. The quantitative estimate of drug-likeness (QED) is 0.163. The summed E-state index contributed by atoms with van der Waals surface area (Å²) in [6.07, 6.45) is 28.2. The molecule has 1 atom stereocenters. The van der Waals surface area contributed by atoms with Gasteiger partial charge >= 0.3 is 0 Å². The van der Waals surface area contributed by atoms with Gasteiger partial charge in [0.2, 0.25) is 0 Å². The zero-order chi connectivity index (χ0) is 33.7. The van der Waals surface area contributed by atoms with Crippen LogP contribution >= 0.6 is 0 Å². The van der Waals surface area contributed by atoms with E-state index in [9.17, 15) is 0 Å². The molecule has 5 aromatic rings. The lowest BCUT2D eigenvalue weighted by Crippen LogP contribution is -2.26. The van der Waals surface area contributed by atoms with Gasteiger partial charge in [0.1, 0.15) is 7.05 Å². The third kappa shape index (κ3) is 7.29. The van der Waals surface area contributed by atoms with Gasteiger partial charge in [0, 0.05) is 29.6 Å². The van der Waals surface area contributed by atoms with E-state index in [0.717, 1.165) is 18.4 Å². The molecule has 0 aliphatic heterocycles. The van der Waals surface area contributed by atoms with Crippen molar-refractivity contribution in [2.24, 2.45) is 13.0 Å². The fraction of sp³-hybridized carbons (Fsp3) is 0.149. The summed E-state index contributed by atoms with van der Waals surface area (Å²) in [5.74, 6) is 0.374. The van der Waals surface area contributed by atoms with Crippen LogP contribution in [0.1, 0.15) is 44.7 Å². The van der Waals surface area contributed by atoms with Crippen LogP contribution in [0.3, 0.4) is 0 Å². The van der Waals surface area contributed by atoms with Crippen molar-refractivity contribution in [3.05, 3.63) is 181 Å². The maximum Gasteiger partial charge on any atom is 0.176 e. The van der Waals surface area contributed by atoms with Crippen LogP contribution in [0.5, 0.6) is 0 Å². The number of nitrogens with zero attached hydrogens (tertiary/aromatic N) is 2. The molecule has 2 heterocycles. The summed E-state index contributed by atoms with van der Waals surface area (Å²) in [5.41, 5.74) is 17.2. The second-order valence-corrected chi connectivity index (χ2v) is 13.3. The van der Waals surface area contributed by atoms with Gasteiger partial charge in [-0.15, -0.1) is 0 Å². The van der Waals surface area contributed by atoms with Gasteiger partial charge in [0.15, 0.2) is 12.4 Å². The molecule has 240 valence electrons. The van der Waals surface area contributed by atoms with Crippen LogP contribution in [0.25, 0.3) is 55.7 Å². The summed E-state index contributed by atoms with van der Waals surface area (Å²) in [5, 5.41) is 0. The maximum absolute atomic E-state index is 4.44. The van der Waals surface area contributed by atoms with Crippen LogP contribution in [0, 0.1) is 5.92 Å². The molecule has 2 aliphatic rings. The SMILES string of the molecule is CCC1=CC=CC(c2cc(-c3cccnc3)cc(-c3cccc(-c4cc(C5=CC(C)C(C)=CC=C5)cc(-c5ccc[n+](C)c5)c4)c3)c2)=CC1. The molecule has 3 aromatic carbocycles. The number of pyridine rings is 2. The molecule has 49 heavy (non-hydrogen) atoms. The zero-order valence-corrected chi connectivity index (χ0v) is 28.9. The summed E-state index contributed by atoms with van der Waals surface area (Å²) < 4.78 is 2.12. The lowest BCUT2D eigenvalue weighted by Gasteiger charge is -2.15. The third-order valence-electron chi connectivity index (χ3n) is 9.76. The highest BCUT2D eigenvalue weighted by Crippen LogP contribution is 2.37.